The summed E-state index contributed by atoms with van der Waals surface area (Å²) < 4.78 is 12.6. The molecule has 98 valence electrons. The van der Waals surface area contributed by atoms with Gasteiger partial charge in [0.05, 0.1) is 27.8 Å². The Hall–Kier alpha value is -1.67. The predicted molar refractivity (Wildman–Crippen MR) is 51.6 cm³/mol. The molecule has 8 nitrogen and oxygen atoms in total. The van der Waals surface area contributed by atoms with E-state index in [0.717, 1.165) is 21.3 Å². The van der Waals surface area contributed by atoms with Crippen molar-refractivity contribution in [3.05, 3.63) is 0 Å². The van der Waals surface area contributed by atoms with Crippen LogP contribution in [0.3, 0.4) is 0 Å². The van der Waals surface area contributed by atoms with E-state index in [1.807, 2.05) is 0 Å². The first-order valence-electron chi connectivity index (χ1n) is 4.47. The molecule has 2 N–H and O–H groups in total. The van der Waals surface area contributed by atoms with E-state index in [1.54, 1.807) is 0 Å². The summed E-state index contributed by atoms with van der Waals surface area (Å²) in [6.07, 6.45) is -3.19. The quantitative estimate of drug-likeness (QED) is 0.424. The molecule has 17 heavy (non-hydrogen) atoms. The van der Waals surface area contributed by atoms with E-state index in [-0.39, 0.29) is 0 Å². The minimum atomic E-state index is -2.74. The van der Waals surface area contributed by atoms with Crippen LogP contribution in [0, 0.1) is 0 Å². The number of methoxy groups -OCH3 is 3. The fourth-order valence-corrected chi connectivity index (χ4v) is 1.06. The molecule has 0 unspecified atom stereocenters. The lowest BCUT2D eigenvalue weighted by atomic mass is 9.92. The Bertz CT molecular complexity index is 312. The molecule has 0 heterocycles. The molecule has 0 aromatic heterocycles. The number of aliphatic hydroxyl groups excluding tert-OH is 1. The highest BCUT2D eigenvalue weighted by molar-refractivity contribution is 5.92. The van der Waals surface area contributed by atoms with Crippen LogP contribution in [0.4, 0.5) is 0 Å². The van der Waals surface area contributed by atoms with Gasteiger partial charge in [-0.1, -0.05) is 0 Å². The molecule has 0 rings (SSSR count). The molecular weight excluding hydrogens is 236 g/mol. The van der Waals surface area contributed by atoms with Crippen molar-refractivity contribution in [2.45, 2.75) is 18.1 Å². The van der Waals surface area contributed by atoms with E-state index >= 15 is 0 Å². The summed E-state index contributed by atoms with van der Waals surface area (Å²) in [7, 11) is 2.89. The number of ether oxygens (including phenoxy) is 3. The zero-order valence-corrected chi connectivity index (χ0v) is 9.63. The summed E-state index contributed by atoms with van der Waals surface area (Å²) in [5, 5.41) is 19.3. The average Bonchev–Trinajstić information content (AvgIpc) is 2.35. The monoisotopic (exact) mass is 250 g/mol. The van der Waals surface area contributed by atoms with Crippen LogP contribution >= 0.6 is 0 Å². The van der Waals surface area contributed by atoms with Crippen LogP contribution in [0.25, 0.3) is 0 Å². The number of hydrogen-bond acceptors (Lipinski definition) is 8. The van der Waals surface area contributed by atoms with Crippen LogP contribution in [-0.4, -0.2) is 61.2 Å². The fraction of sp³-hybridized carbons (Fsp3) is 0.667. The van der Waals surface area contributed by atoms with Crippen LogP contribution in [0.5, 0.6) is 0 Å². The first kappa shape index (κ1) is 15.3. The Kier molecular flexibility index (Phi) is 5.56. The minimum absolute atomic E-state index is 0.925. The number of hydrogen-bond donors (Lipinski definition) is 2. The van der Waals surface area contributed by atoms with Crippen LogP contribution in [0.1, 0.15) is 6.42 Å². The van der Waals surface area contributed by atoms with E-state index < -0.39 is 36.0 Å². The van der Waals surface area contributed by atoms with Crippen LogP contribution in [0.2, 0.25) is 0 Å². The molecule has 0 aromatic rings. The fourth-order valence-electron chi connectivity index (χ4n) is 1.06. The van der Waals surface area contributed by atoms with Gasteiger partial charge in [0.2, 0.25) is 5.60 Å². The van der Waals surface area contributed by atoms with Gasteiger partial charge in [0, 0.05) is 0 Å². The first-order valence-corrected chi connectivity index (χ1v) is 4.47. The van der Waals surface area contributed by atoms with E-state index in [1.165, 1.54) is 0 Å². The van der Waals surface area contributed by atoms with Gasteiger partial charge in [-0.15, -0.1) is 0 Å². The van der Waals surface area contributed by atoms with Crippen molar-refractivity contribution in [3.63, 3.8) is 0 Å². The molecule has 0 aliphatic carbocycles. The molecule has 0 radical (unpaired) electrons. The Labute approximate surface area is 97.1 Å². The van der Waals surface area contributed by atoms with E-state index in [9.17, 15) is 24.6 Å². The first-order chi connectivity index (χ1) is 7.83. The third kappa shape index (κ3) is 3.40. The topological polar surface area (TPSA) is 119 Å². The molecule has 0 aliphatic heterocycles. The van der Waals surface area contributed by atoms with Gasteiger partial charge in [-0.2, -0.15) is 0 Å². The van der Waals surface area contributed by atoms with Gasteiger partial charge in [-0.25, -0.2) is 9.59 Å². The molecule has 0 amide bonds. The summed E-state index contributed by atoms with van der Waals surface area (Å²) in [5.74, 6) is -3.62. The van der Waals surface area contributed by atoms with E-state index in [2.05, 4.69) is 14.2 Å². The maximum atomic E-state index is 11.3. The van der Waals surface area contributed by atoms with Gasteiger partial charge < -0.3 is 24.4 Å². The highest BCUT2D eigenvalue weighted by Crippen LogP contribution is 2.19. The molecule has 8 heteroatoms. The molecule has 0 fully saturated rings. The lowest BCUT2D eigenvalue weighted by Gasteiger charge is -2.27. The third-order valence-electron chi connectivity index (χ3n) is 2.06. The Morgan fingerprint density at radius 1 is 1.12 bits per heavy atom. The number of esters is 3. The summed E-state index contributed by atoms with van der Waals surface area (Å²) >= 11 is 0. The number of carbonyl (C=O) groups is 3. The predicted octanol–water partition coefficient (Wildman–Crippen LogP) is -2.01. The highest BCUT2D eigenvalue weighted by atomic mass is 16.6. The van der Waals surface area contributed by atoms with Crippen molar-refractivity contribution in [2.75, 3.05) is 21.3 Å². The summed E-state index contributed by atoms with van der Waals surface area (Å²) in [4.78, 5) is 33.4. The second-order valence-electron chi connectivity index (χ2n) is 3.09. The molecule has 0 bridgehead atoms. The van der Waals surface area contributed by atoms with Crippen molar-refractivity contribution >= 4 is 17.9 Å². The van der Waals surface area contributed by atoms with Crippen molar-refractivity contribution in [1.82, 2.24) is 0 Å². The van der Waals surface area contributed by atoms with Gasteiger partial charge in [0.25, 0.3) is 0 Å². The summed E-state index contributed by atoms with van der Waals surface area (Å²) in [6.45, 7) is 0. The van der Waals surface area contributed by atoms with Gasteiger partial charge in [0.1, 0.15) is 0 Å². The summed E-state index contributed by atoms with van der Waals surface area (Å²) in [6, 6.07) is 0. The zero-order valence-electron chi connectivity index (χ0n) is 9.63. The molecule has 0 saturated heterocycles. The van der Waals surface area contributed by atoms with Crippen molar-refractivity contribution in [2.24, 2.45) is 0 Å². The van der Waals surface area contributed by atoms with Crippen LogP contribution in [-0.2, 0) is 28.6 Å². The molecule has 0 saturated carbocycles. The zero-order chi connectivity index (χ0) is 13.6. The van der Waals surface area contributed by atoms with Crippen molar-refractivity contribution in [1.29, 1.82) is 0 Å². The lowest BCUT2D eigenvalue weighted by Crippen LogP contribution is -2.55. The average molecular weight is 250 g/mol. The minimum Gasteiger partial charge on any atom is -0.469 e. The molecule has 0 aliphatic rings. The number of aliphatic hydroxyl groups is 2. The van der Waals surface area contributed by atoms with Gasteiger partial charge in [0.15, 0.2) is 6.10 Å². The third-order valence-corrected chi connectivity index (χ3v) is 2.06. The number of carbonyl (C=O) groups excluding carboxylic acids is 3. The summed E-state index contributed by atoms with van der Waals surface area (Å²) in [5.41, 5.74) is -2.74. The molecule has 0 spiro atoms. The Morgan fingerprint density at radius 3 is 2.00 bits per heavy atom. The number of rotatable bonds is 5. The largest absolute Gasteiger partial charge is 0.469 e. The molecular formula is C9H14O8. The van der Waals surface area contributed by atoms with Crippen LogP contribution in [0.15, 0.2) is 0 Å². The molecule has 0 aromatic carbocycles. The van der Waals surface area contributed by atoms with E-state index in [4.69, 9.17) is 0 Å². The van der Waals surface area contributed by atoms with Gasteiger partial charge in [-0.05, 0) is 0 Å². The van der Waals surface area contributed by atoms with E-state index in [0.29, 0.717) is 0 Å². The maximum Gasteiger partial charge on any atom is 0.341 e. The van der Waals surface area contributed by atoms with Gasteiger partial charge in [-0.3, -0.25) is 4.79 Å². The van der Waals surface area contributed by atoms with Crippen molar-refractivity contribution in [3.8, 4) is 0 Å². The Balaban J connectivity index is 5.16. The van der Waals surface area contributed by atoms with Gasteiger partial charge >= 0.3 is 17.9 Å². The second-order valence-corrected chi connectivity index (χ2v) is 3.09. The second kappa shape index (κ2) is 6.16. The lowest BCUT2D eigenvalue weighted by molar-refractivity contribution is -0.191. The van der Waals surface area contributed by atoms with Crippen LogP contribution < -0.4 is 0 Å². The Morgan fingerprint density at radius 2 is 1.65 bits per heavy atom. The SMILES string of the molecule is COC(=O)C[C@](O)(C(=O)OC)[C@@H](O)C(=O)OC. The van der Waals surface area contributed by atoms with Crippen molar-refractivity contribution < 1.29 is 38.8 Å². The molecule has 2 atom stereocenters. The highest BCUT2D eigenvalue weighted by Gasteiger charge is 2.51. The standard InChI is InChI=1S/C9H14O8/c1-15-5(10)4-9(14,8(13)17-3)6(11)7(12)16-2/h6,11,14H,4H2,1-3H3/t6-,9+/m0/s1. The smallest absolute Gasteiger partial charge is 0.341 e. The normalized spacial score (nSPS) is 15.4. The maximum absolute atomic E-state index is 11.3.